The zero-order valence-corrected chi connectivity index (χ0v) is 7.79. The van der Waals surface area contributed by atoms with Gasteiger partial charge in [0.25, 0.3) is 0 Å². The van der Waals surface area contributed by atoms with Crippen molar-refractivity contribution in [1.82, 2.24) is 0 Å². The summed E-state index contributed by atoms with van der Waals surface area (Å²) in [5.41, 5.74) is 0.0544. The van der Waals surface area contributed by atoms with Gasteiger partial charge in [0.05, 0.1) is 5.60 Å². The molecule has 0 aromatic rings. The third-order valence-electron chi connectivity index (χ3n) is 3.58. The summed E-state index contributed by atoms with van der Waals surface area (Å²) in [6.07, 6.45) is 6.55. The average molecular weight is 162 g/mol. The molecule has 0 saturated carbocycles. The van der Waals surface area contributed by atoms with E-state index in [1.165, 1.54) is 0 Å². The minimum atomic E-state index is -0.0706. The van der Waals surface area contributed by atoms with Crippen molar-refractivity contribution in [2.75, 3.05) is 0 Å². The van der Waals surface area contributed by atoms with Crippen LogP contribution in [0.25, 0.3) is 0 Å². The lowest BCUT2D eigenvalue weighted by Crippen LogP contribution is -2.35. The van der Waals surface area contributed by atoms with E-state index in [1.54, 1.807) is 0 Å². The summed E-state index contributed by atoms with van der Waals surface area (Å²) < 4.78 is 5.85. The van der Waals surface area contributed by atoms with E-state index in [0.717, 1.165) is 12.8 Å². The van der Waals surface area contributed by atoms with Gasteiger partial charge in [-0.3, -0.25) is 0 Å². The molecule has 0 aromatic carbocycles. The predicted molar refractivity (Wildman–Crippen MR) is 50.1 cm³/mol. The van der Waals surface area contributed by atoms with Crippen LogP contribution in [0.1, 0.15) is 26.7 Å². The van der Waals surface area contributed by atoms with Crippen LogP contribution in [-0.4, -0.2) is 19.5 Å². The van der Waals surface area contributed by atoms with E-state index in [0.29, 0.717) is 11.8 Å². The Morgan fingerprint density at radius 3 is 3.00 bits per heavy atom. The van der Waals surface area contributed by atoms with Gasteiger partial charge in [-0.15, -0.1) is 0 Å². The molecule has 0 spiro atoms. The summed E-state index contributed by atoms with van der Waals surface area (Å²) in [5, 5.41) is 0. The normalized spacial score (nSPS) is 51.3. The third kappa shape index (κ3) is 0.907. The van der Waals surface area contributed by atoms with Crippen molar-refractivity contribution >= 4 is 7.85 Å². The summed E-state index contributed by atoms with van der Waals surface area (Å²) in [6.45, 7) is 4.44. The van der Waals surface area contributed by atoms with Crippen LogP contribution in [0.5, 0.6) is 0 Å². The van der Waals surface area contributed by atoms with Crippen molar-refractivity contribution in [3.63, 3.8) is 0 Å². The highest BCUT2D eigenvalue weighted by molar-refractivity contribution is 6.11. The summed E-state index contributed by atoms with van der Waals surface area (Å²) >= 11 is 0. The largest absolute Gasteiger partial charge is 0.380 e. The highest BCUT2D eigenvalue weighted by Crippen LogP contribution is 2.47. The molecule has 2 heteroatoms. The highest BCUT2D eigenvalue weighted by atomic mass is 16.5. The van der Waals surface area contributed by atoms with Gasteiger partial charge in [0.1, 0.15) is 7.85 Å². The molecule has 2 rings (SSSR count). The molecule has 1 unspecified atom stereocenters. The minimum absolute atomic E-state index is 0.0544. The van der Waals surface area contributed by atoms with Crippen LogP contribution in [0.3, 0.4) is 0 Å². The Labute approximate surface area is 75.6 Å². The lowest BCUT2D eigenvalue weighted by Gasteiger charge is -2.33. The van der Waals surface area contributed by atoms with Crippen LogP contribution in [0.2, 0.25) is 0 Å². The average Bonchev–Trinajstić information content (AvgIpc) is 2.23. The molecule has 1 fully saturated rings. The van der Waals surface area contributed by atoms with E-state index in [-0.39, 0.29) is 11.6 Å². The number of ether oxygens (including phenoxy) is 1. The Kier molecular flexibility index (Phi) is 1.83. The Bertz CT molecular complexity index is 214. The molecule has 2 aliphatic rings. The van der Waals surface area contributed by atoms with Gasteiger partial charge in [-0.2, -0.15) is 0 Å². The van der Waals surface area contributed by atoms with E-state index >= 15 is 0 Å². The maximum atomic E-state index is 5.90. The topological polar surface area (TPSA) is 9.23 Å². The molecule has 1 nitrogen and oxygen atoms in total. The molecule has 1 aliphatic carbocycles. The van der Waals surface area contributed by atoms with E-state index < -0.39 is 0 Å². The molecule has 1 heterocycles. The van der Waals surface area contributed by atoms with Crippen molar-refractivity contribution in [3.8, 4) is 0 Å². The van der Waals surface area contributed by atoms with Gasteiger partial charge in [-0.05, 0) is 24.7 Å². The zero-order valence-electron chi connectivity index (χ0n) is 7.79. The lowest BCUT2D eigenvalue weighted by molar-refractivity contribution is -0.0313. The van der Waals surface area contributed by atoms with Gasteiger partial charge in [0.2, 0.25) is 0 Å². The van der Waals surface area contributed by atoms with E-state index in [1.807, 2.05) is 0 Å². The second kappa shape index (κ2) is 2.63. The lowest BCUT2D eigenvalue weighted by atomic mass is 9.71. The number of rotatable bonds is 1. The highest BCUT2D eigenvalue weighted by Gasteiger charge is 2.49. The van der Waals surface area contributed by atoms with E-state index in [9.17, 15) is 0 Å². The fourth-order valence-electron chi connectivity index (χ4n) is 2.58. The van der Waals surface area contributed by atoms with Crippen molar-refractivity contribution in [2.45, 2.75) is 38.3 Å². The molecule has 0 amide bonds. The van der Waals surface area contributed by atoms with Crippen molar-refractivity contribution in [2.24, 2.45) is 11.8 Å². The quantitative estimate of drug-likeness (QED) is 0.422. The first-order valence-corrected chi connectivity index (χ1v) is 4.79. The van der Waals surface area contributed by atoms with Crippen LogP contribution < -0.4 is 0 Å². The standard InChI is InChI=1S/C10H15BO/c1-3-10-6-4-5-8(7(10)2)9(11)12-10/h4-5,7-9H,3,6H2,1-2H3/t7-,8?,9-,10+/m1/s1. The Balaban J connectivity index is 2.32. The summed E-state index contributed by atoms with van der Waals surface area (Å²) in [5.74, 6) is 1.03. The molecule has 0 aromatic heterocycles. The van der Waals surface area contributed by atoms with Crippen molar-refractivity contribution in [3.05, 3.63) is 12.2 Å². The van der Waals surface area contributed by atoms with E-state index in [4.69, 9.17) is 12.6 Å². The Hall–Kier alpha value is -0.235. The first-order valence-electron chi connectivity index (χ1n) is 4.79. The molecular formula is C10H15BO. The minimum Gasteiger partial charge on any atom is -0.380 e. The smallest absolute Gasteiger partial charge is 0.109 e. The predicted octanol–water partition coefficient (Wildman–Crippen LogP) is 1.87. The zero-order chi connectivity index (χ0) is 8.77. The summed E-state index contributed by atoms with van der Waals surface area (Å²) in [4.78, 5) is 0. The maximum absolute atomic E-state index is 5.90. The van der Waals surface area contributed by atoms with Crippen LogP contribution >= 0.6 is 0 Å². The molecule has 64 valence electrons. The first kappa shape index (κ1) is 8.37. The Morgan fingerprint density at radius 2 is 2.42 bits per heavy atom. The fourth-order valence-corrected chi connectivity index (χ4v) is 2.58. The molecule has 2 bridgehead atoms. The van der Waals surface area contributed by atoms with Gasteiger partial charge in [0, 0.05) is 6.00 Å². The first-order chi connectivity index (χ1) is 5.69. The van der Waals surface area contributed by atoms with Gasteiger partial charge in [-0.1, -0.05) is 26.0 Å². The fraction of sp³-hybridized carbons (Fsp3) is 0.800. The van der Waals surface area contributed by atoms with Gasteiger partial charge < -0.3 is 4.74 Å². The molecule has 0 N–H and O–H groups in total. The second-order valence-corrected chi connectivity index (χ2v) is 4.00. The van der Waals surface area contributed by atoms with Crippen LogP contribution in [-0.2, 0) is 4.74 Å². The van der Waals surface area contributed by atoms with Gasteiger partial charge in [0.15, 0.2) is 0 Å². The monoisotopic (exact) mass is 162 g/mol. The van der Waals surface area contributed by atoms with Gasteiger partial charge in [-0.25, -0.2) is 0 Å². The molecule has 4 atom stereocenters. The van der Waals surface area contributed by atoms with Crippen molar-refractivity contribution < 1.29 is 4.74 Å². The van der Waals surface area contributed by atoms with Gasteiger partial charge >= 0.3 is 0 Å². The summed E-state index contributed by atoms with van der Waals surface area (Å²) in [7, 11) is 5.90. The number of fused-ring (bicyclic) bond motifs is 2. The number of hydrogen-bond donors (Lipinski definition) is 0. The SMILES string of the molecule is [B][C@@H]1O[C@@]2(CC)CC=CC1[C@H]2C. The number of hydrogen-bond acceptors (Lipinski definition) is 1. The summed E-state index contributed by atoms with van der Waals surface area (Å²) in [6, 6.07) is -0.0706. The maximum Gasteiger partial charge on any atom is 0.109 e. The molecule has 1 aliphatic heterocycles. The van der Waals surface area contributed by atoms with Crippen LogP contribution in [0, 0.1) is 11.8 Å². The second-order valence-electron chi connectivity index (χ2n) is 4.00. The Morgan fingerprint density at radius 1 is 1.67 bits per heavy atom. The third-order valence-corrected chi connectivity index (χ3v) is 3.58. The van der Waals surface area contributed by atoms with Crippen LogP contribution in [0.15, 0.2) is 12.2 Å². The van der Waals surface area contributed by atoms with E-state index in [2.05, 4.69) is 26.0 Å². The molecule has 2 radical (unpaired) electrons. The molecular weight excluding hydrogens is 147 g/mol. The molecule has 12 heavy (non-hydrogen) atoms. The van der Waals surface area contributed by atoms with Crippen LogP contribution in [0.4, 0.5) is 0 Å². The molecule has 1 saturated heterocycles. The van der Waals surface area contributed by atoms with Crippen molar-refractivity contribution in [1.29, 1.82) is 0 Å².